The third-order valence-corrected chi connectivity index (χ3v) is 3.97. The monoisotopic (exact) mass is 269 g/mol. The van der Waals surface area contributed by atoms with E-state index in [0.717, 1.165) is 5.56 Å². The van der Waals surface area contributed by atoms with E-state index < -0.39 is 11.9 Å². The molecule has 0 aliphatic heterocycles. The van der Waals surface area contributed by atoms with Crippen LogP contribution in [0.4, 0.5) is 0 Å². The highest BCUT2D eigenvalue weighted by Crippen LogP contribution is 2.24. The molecule has 18 heavy (non-hydrogen) atoms. The Bertz CT molecular complexity index is 405. The number of rotatable bonds is 5. The summed E-state index contributed by atoms with van der Waals surface area (Å²) < 4.78 is 0. The molecule has 0 aliphatic rings. The molecule has 100 valence electrons. The van der Waals surface area contributed by atoms with Gasteiger partial charge in [0.15, 0.2) is 0 Å². The molecule has 4 heteroatoms. The average molecular weight is 270 g/mol. The molecule has 0 bridgehead atoms. The molecule has 0 spiro atoms. The Morgan fingerprint density at radius 2 is 1.72 bits per heavy atom. The third-order valence-electron chi connectivity index (χ3n) is 3.72. The van der Waals surface area contributed by atoms with E-state index in [1.54, 1.807) is 6.92 Å². The van der Waals surface area contributed by atoms with Crippen molar-refractivity contribution in [3.8, 4) is 0 Å². The van der Waals surface area contributed by atoms with Crippen LogP contribution < -0.4 is 0 Å². The van der Waals surface area contributed by atoms with Gasteiger partial charge in [-0.1, -0.05) is 30.7 Å². The molecule has 3 atom stereocenters. The molecule has 1 N–H and O–H groups in total. The van der Waals surface area contributed by atoms with Crippen molar-refractivity contribution in [2.24, 2.45) is 5.92 Å². The summed E-state index contributed by atoms with van der Waals surface area (Å²) in [6.45, 7) is 5.73. The first kappa shape index (κ1) is 15.0. The van der Waals surface area contributed by atoms with E-state index in [2.05, 4.69) is 11.8 Å². The summed E-state index contributed by atoms with van der Waals surface area (Å²) >= 11 is 5.86. The predicted octanol–water partition coefficient (Wildman–Crippen LogP) is 3.44. The zero-order valence-corrected chi connectivity index (χ0v) is 12.0. The summed E-state index contributed by atoms with van der Waals surface area (Å²) in [7, 11) is 1.95. The molecule has 0 fully saturated rings. The SMILES string of the molecule is CC(C(=O)O)C(C)N(C)C(C)c1ccc(Cl)cc1. The van der Waals surface area contributed by atoms with Crippen molar-refractivity contribution in [1.29, 1.82) is 0 Å². The van der Waals surface area contributed by atoms with Crippen LogP contribution in [0.3, 0.4) is 0 Å². The minimum atomic E-state index is -0.766. The smallest absolute Gasteiger partial charge is 0.307 e. The minimum absolute atomic E-state index is 0.0341. The molecular weight excluding hydrogens is 250 g/mol. The molecule has 1 aromatic rings. The third kappa shape index (κ3) is 3.47. The zero-order chi connectivity index (χ0) is 13.9. The molecule has 0 aromatic heterocycles. The number of benzene rings is 1. The van der Waals surface area contributed by atoms with Gasteiger partial charge in [-0.25, -0.2) is 0 Å². The normalized spacial score (nSPS) is 16.3. The molecule has 0 aliphatic carbocycles. The Balaban J connectivity index is 2.80. The van der Waals surface area contributed by atoms with Crippen molar-refractivity contribution in [3.05, 3.63) is 34.9 Å². The number of hydrogen-bond acceptors (Lipinski definition) is 2. The first-order chi connectivity index (χ1) is 8.34. The van der Waals surface area contributed by atoms with Crippen LogP contribution in [0.2, 0.25) is 5.02 Å². The number of carboxylic acids is 1. The van der Waals surface area contributed by atoms with Gasteiger partial charge in [-0.2, -0.15) is 0 Å². The van der Waals surface area contributed by atoms with E-state index in [0.29, 0.717) is 5.02 Å². The maximum Gasteiger partial charge on any atom is 0.307 e. The van der Waals surface area contributed by atoms with E-state index in [1.807, 2.05) is 38.2 Å². The standard InChI is InChI=1S/C14H20ClNO2/c1-9(14(17)18)10(2)16(4)11(3)12-5-7-13(15)8-6-12/h5-11H,1-4H3,(H,17,18). The first-order valence-corrected chi connectivity index (χ1v) is 6.42. The van der Waals surface area contributed by atoms with Crippen molar-refractivity contribution in [1.82, 2.24) is 4.90 Å². The second-order valence-corrected chi connectivity index (χ2v) is 5.20. The van der Waals surface area contributed by atoms with Gasteiger partial charge in [0.2, 0.25) is 0 Å². The van der Waals surface area contributed by atoms with Crippen LogP contribution in [0, 0.1) is 5.92 Å². The fourth-order valence-electron chi connectivity index (χ4n) is 1.89. The van der Waals surface area contributed by atoms with Crippen molar-refractivity contribution in [3.63, 3.8) is 0 Å². The largest absolute Gasteiger partial charge is 0.481 e. The lowest BCUT2D eigenvalue weighted by Gasteiger charge is -2.33. The highest BCUT2D eigenvalue weighted by molar-refractivity contribution is 6.30. The fourth-order valence-corrected chi connectivity index (χ4v) is 2.01. The van der Waals surface area contributed by atoms with E-state index in [1.165, 1.54) is 0 Å². The summed E-state index contributed by atoms with van der Waals surface area (Å²) in [5.41, 5.74) is 1.13. The van der Waals surface area contributed by atoms with Gasteiger partial charge in [0, 0.05) is 17.1 Å². The van der Waals surface area contributed by atoms with Crippen molar-refractivity contribution in [2.75, 3.05) is 7.05 Å². The lowest BCUT2D eigenvalue weighted by molar-refractivity contribution is -0.143. The molecule has 0 radical (unpaired) electrons. The van der Waals surface area contributed by atoms with Crippen LogP contribution >= 0.6 is 11.6 Å². The Hall–Kier alpha value is -1.06. The van der Waals surface area contributed by atoms with Crippen LogP contribution in [0.5, 0.6) is 0 Å². The predicted molar refractivity (Wildman–Crippen MR) is 73.9 cm³/mol. The lowest BCUT2D eigenvalue weighted by Crippen LogP contribution is -2.39. The number of hydrogen-bond donors (Lipinski definition) is 1. The number of nitrogens with zero attached hydrogens (tertiary/aromatic N) is 1. The topological polar surface area (TPSA) is 40.5 Å². The summed E-state index contributed by atoms with van der Waals surface area (Å²) in [6, 6.07) is 7.77. The van der Waals surface area contributed by atoms with Crippen LogP contribution in [0.25, 0.3) is 0 Å². The molecule has 3 unspecified atom stereocenters. The number of aliphatic carboxylic acids is 1. The van der Waals surface area contributed by atoms with Crippen molar-refractivity contribution >= 4 is 17.6 Å². The van der Waals surface area contributed by atoms with Crippen molar-refractivity contribution in [2.45, 2.75) is 32.9 Å². The van der Waals surface area contributed by atoms with Crippen LogP contribution in [-0.4, -0.2) is 29.1 Å². The van der Waals surface area contributed by atoms with Gasteiger partial charge in [-0.15, -0.1) is 0 Å². The summed E-state index contributed by atoms with van der Waals surface area (Å²) in [6.07, 6.45) is 0. The van der Waals surface area contributed by atoms with Gasteiger partial charge in [0.25, 0.3) is 0 Å². The Kier molecular flexibility index (Phi) is 5.17. The molecular formula is C14H20ClNO2. The van der Waals surface area contributed by atoms with Gasteiger partial charge in [0.1, 0.15) is 0 Å². The second kappa shape index (κ2) is 6.21. The van der Waals surface area contributed by atoms with Crippen LogP contribution in [0.1, 0.15) is 32.4 Å². The molecule has 0 heterocycles. The Morgan fingerprint density at radius 3 is 2.17 bits per heavy atom. The quantitative estimate of drug-likeness (QED) is 0.890. The summed E-state index contributed by atoms with van der Waals surface area (Å²) in [5.74, 6) is -1.16. The van der Waals surface area contributed by atoms with Gasteiger partial charge >= 0.3 is 5.97 Å². The zero-order valence-electron chi connectivity index (χ0n) is 11.2. The van der Waals surface area contributed by atoms with Crippen LogP contribution in [-0.2, 0) is 4.79 Å². The molecule has 0 saturated carbocycles. The van der Waals surface area contributed by atoms with Crippen LogP contribution in [0.15, 0.2) is 24.3 Å². The fraction of sp³-hybridized carbons (Fsp3) is 0.500. The first-order valence-electron chi connectivity index (χ1n) is 6.04. The molecule has 1 rings (SSSR count). The van der Waals surface area contributed by atoms with E-state index >= 15 is 0 Å². The highest BCUT2D eigenvalue weighted by Gasteiger charge is 2.26. The molecule has 3 nitrogen and oxygen atoms in total. The average Bonchev–Trinajstić information content (AvgIpc) is 2.36. The molecule has 0 saturated heterocycles. The Morgan fingerprint density at radius 1 is 1.22 bits per heavy atom. The van der Waals surface area contributed by atoms with E-state index in [9.17, 15) is 4.79 Å². The number of carboxylic acid groups (broad SMARTS) is 1. The van der Waals surface area contributed by atoms with E-state index in [4.69, 9.17) is 16.7 Å². The summed E-state index contributed by atoms with van der Waals surface area (Å²) in [5, 5.41) is 9.75. The van der Waals surface area contributed by atoms with Crippen molar-refractivity contribution < 1.29 is 9.90 Å². The minimum Gasteiger partial charge on any atom is -0.481 e. The Labute approximate surface area is 113 Å². The highest BCUT2D eigenvalue weighted by atomic mass is 35.5. The maximum atomic E-state index is 11.0. The lowest BCUT2D eigenvalue weighted by atomic mass is 9.99. The maximum absolute atomic E-state index is 11.0. The van der Waals surface area contributed by atoms with Gasteiger partial charge < -0.3 is 5.11 Å². The van der Waals surface area contributed by atoms with Gasteiger partial charge in [0.05, 0.1) is 5.92 Å². The number of halogens is 1. The van der Waals surface area contributed by atoms with E-state index in [-0.39, 0.29) is 12.1 Å². The van der Waals surface area contributed by atoms with Gasteiger partial charge in [-0.05, 0) is 38.6 Å². The number of carbonyl (C=O) groups is 1. The summed E-state index contributed by atoms with van der Waals surface area (Å²) in [4.78, 5) is 13.1. The molecule has 1 aromatic carbocycles. The van der Waals surface area contributed by atoms with Gasteiger partial charge in [-0.3, -0.25) is 9.69 Å². The molecule has 0 amide bonds. The second-order valence-electron chi connectivity index (χ2n) is 4.76.